The number of hydrogen-bond acceptors (Lipinski definition) is 3. The van der Waals surface area contributed by atoms with E-state index < -0.39 is 0 Å². The summed E-state index contributed by atoms with van der Waals surface area (Å²) in [5, 5.41) is 3.39. The van der Waals surface area contributed by atoms with Crippen LogP contribution in [0.5, 0.6) is 0 Å². The minimum Gasteiger partial charge on any atom is -0.314 e. The lowest BCUT2D eigenvalue weighted by molar-refractivity contribution is 0.151. The molecule has 0 amide bonds. The Hall–Kier alpha value is -1.78. The molecule has 1 aliphatic heterocycles. The summed E-state index contributed by atoms with van der Waals surface area (Å²) in [5.74, 6) is -0.175. The van der Waals surface area contributed by atoms with Crippen molar-refractivity contribution in [2.45, 2.75) is 19.5 Å². The molecule has 4 heteroatoms. The molecule has 1 aliphatic rings. The molecule has 3 rings (SSSR count). The molecule has 2 aromatic rings. The van der Waals surface area contributed by atoms with Crippen LogP contribution in [0.15, 0.2) is 42.6 Å². The van der Waals surface area contributed by atoms with E-state index in [0.717, 1.165) is 37.4 Å². The Morgan fingerprint density at radius 3 is 3.00 bits per heavy atom. The third-order valence-corrected chi connectivity index (χ3v) is 3.93. The molecule has 0 bridgehead atoms. The molecule has 21 heavy (non-hydrogen) atoms. The molecule has 1 aromatic heterocycles. The lowest BCUT2D eigenvalue weighted by Crippen LogP contribution is -2.45. The third kappa shape index (κ3) is 3.46. The quantitative estimate of drug-likeness (QED) is 0.940. The van der Waals surface area contributed by atoms with E-state index in [1.807, 2.05) is 19.2 Å². The Kier molecular flexibility index (Phi) is 4.27. The van der Waals surface area contributed by atoms with E-state index in [2.05, 4.69) is 27.3 Å². The summed E-state index contributed by atoms with van der Waals surface area (Å²) in [6.07, 6.45) is 1.90. The minimum absolute atomic E-state index is 0.175. The second-order valence-electron chi connectivity index (χ2n) is 5.57. The van der Waals surface area contributed by atoms with Gasteiger partial charge in [0.2, 0.25) is 0 Å². The second-order valence-corrected chi connectivity index (χ2v) is 5.57. The number of nitrogens with zero attached hydrogens (tertiary/aromatic N) is 2. The smallest absolute Gasteiger partial charge is 0.123 e. The molecule has 0 radical (unpaired) electrons. The molecule has 3 nitrogen and oxygen atoms in total. The second kappa shape index (κ2) is 6.33. The molecule has 2 heterocycles. The van der Waals surface area contributed by atoms with Crippen LogP contribution in [-0.2, 0) is 6.54 Å². The van der Waals surface area contributed by atoms with Gasteiger partial charge in [-0.2, -0.15) is 0 Å². The standard InChI is InChI=1S/C17H20FN3/c1-13-5-6-16(20-10-13)12-21-8-7-19-11-17(21)14-3-2-4-15(18)9-14/h2-6,9-10,17,19H,7-8,11-12H2,1H3. The van der Waals surface area contributed by atoms with Crippen molar-refractivity contribution in [3.8, 4) is 0 Å². The first kappa shape index (κ1) is 14.2. The molecule has 110 valence electrons. The molecule has 0 spiro atoms. The highest BCUT2D eigenvalue weighted by molar-refractivity contribution is 5.22. The van der Waals surface area contributed by atoms with Crippen molar-refractivity contribution < 1.29 is 4.39 Å². The highest BCUT2D eigenvalue weighted by Crippen LogP contribution is 2.24. The molecule has 1 N–H and O–H groups in total. The summed E-state index contributed by atoms with van der Waals surface area (Å²) in [4.78, 5) is 6.85. The van der Waals surface area contributed by atoms with Crippen molar-refractivity contribution >= 4 is 0 Å². The zero-order valence-electron chi connectivity index (χ0n) is 12.2. The largest absolute Gasteiger partial charge is 0.314 e. The topological polar surface area (TPSA) is 28.2 Å². The molecule has 1 unspecified atom stereocenters. The van der Waals surface area contributed by atoms with Gasteiger partial charge in [-0.15, -0.1) is 0 Å². The van der Waals surface area contributed by atoms with Gasteiger partial charge in [-0.3, -0.25) is 9.88 Å². The van der Waals surface area contributed by atoms with Crippen LogP contribution in [0.4, 0.5) is 4.39 Å². The molecule has 1 atom stereocenters. The van der Waals surface area contributed by atoms with Crippen molar-refractivity contribution in [2.24, 2.45) is 0 Å². The molecule has 0 saturated carbocycles. The van der Waals surface area contributed by atoms with E-state index in [1.54, 1.807) is 12.1 Å². The number of benzene rings is 1. The van der Waals surface area contributed by atoms with Crippen molar-refractivity contribution in [3.05, 3.63) is 65.2 Å². The molecule has 1 saturated heterocycles. The fourth-order valence-electron chi connectivity index (χ4n) is 2.78. The van der Waals surface area contributed by atoms with Crippen LogP contribution in [-0.4, -0.2) is 29.5 Å². The monoisotopic (exact) mass is 285 g/mol. The fraction of sp³-hybridized carbons (Fsp3) is 0.353. The van der Waals surface area contributed by atoms with E-state index in [9.17, 15) is 4.39 Å². The molecular formula is C17H20FN3. The zero-order valence-corrected chi connectivity index (χ0v) is 12.2. The summed E-state index contributed by atoms with van der Waals surface area (Å²) in [5.41, 5.74) is 3.25. The molecule has 1 fully saturated rings. The van der Waals surface area contributed by atoms with Gasteiger partial charge in [0.15, 0.2) is 0 Å². The Bertz CT molecular complexity index is 597. The van der Waals surface area contributed by atoms with Gasteiger partial charge in [0.25, 0.3) is 0 Å². The number of hydrogen-bond donors (Lipinski definition) is 1. The van der Waals surface area contributed by atoms with Gasteiger partial charge >= 0.3 is 0 Å². The van der Waals surface area contributed by atoms with Gasteiger partial charge < -0.3 is 5.32 Å². The Morgan fingerprint density at radius 1 is 1.33 bits per heavy atom. The first-order valence-corrected chi connectivity index (χ1v) is 7.34. The summed E-state index contributed by atoms with van der Waals surface area (Å²) < 4.78 is 13.5. The maximum absolute atomic E-state index is 13.5. The van der Waals surface area contributed by atoms with E-state index in [4.69, 9.17) is 0 Å². The predicted octanol–water partition coefficient (Wildman–Crippen LogP) is 2.68. The van der Waals surface area contributed by atoms with Crippen molar-refractivity contribution in [3.63, 3.8) is 0 Å². The predicted molar refractivity (Wildman–Crippen MR) is 81.4 cm³/mol. The van der Waals surface area contributed by atoms with Crippen molar-refractivity contribution in [1.29, 1.82) is 0 Å². The average molecular weight is 285 g/mol. The van der Waals surface area contributed by atoms with Crippen molar-refractivity contribution in [1.82, 2.24) is 15.2 Å². The van der Waals surface area contributed by atoms with Gasteiger partial charge in [-0.05, 0) is 36.2 Å². The highest BCUT2D eigenvalue weighted by atomic mass is 19.1. The van der Waals surface area contributed by atoms with Gasteiger partial charge in [-0.25, -0.2) is 4.39 Å². The van der Waals surface area contributed by atoms with E-state index >= 15 is 0 Å². The number of piperazine rings is 1. The van der Waals surface area contributed by atoms with Gasteiger partial charge in [-0.1, -0.05) is 18.2 Å². The Balaban J connectivity index is 1.79. The highest BCUT2D eigenvalue weighted by Gasteiger charge is 2.24. The first-order valence-electron chi connectivity index (χ1n) is 7.34. The number of halogens is 1. The zero-order chi connectivity index (χ0) is 14.7. The maximum atomic E-state index is 13.5. The Morgan fingerprint density at radius 2 is 2.24 bits per heavy atom. The third-order valence-electron chi connectivity index (χ3n) is 3.93. The number of aryl methyl sites for hydroxylation is 1. The van der Waals surface area contributed by atoms with E-state index in [1.165, 1.54) is 11.6 Å². The molecular weight excluding hydrogens is 265 g/mol. The van der Waals surface area contributed by atoms with Crippen LogP contribution in [0.3, 0.4) is 0 Å². The minimum atomic E-state index is -0.175. The summed E-state index contributed by atoms with van der Waals surface area (Å²) in [6, 6.07) is 11.2. The Labute approximate surface area is 124 Å². The van der Waals surface area contributed by atoms with Crippen molar-refractivity contribution in [2.75, 3.05) is 19.6 Å². The summed E-state index contributed by atoms with van der Waals surface area (Å²) in [6.45, 7) is 5.57. The van der Waals surface area contributed by atoms with Crippen LogP contribution >= 0.6 is 0 Å². The first-order chi connectivity index (χ1) is 10.2. The van der Waals surface area contributed by atoms with Crippen LogP contribution in [0.2, 0.25) is 0 Å². The number of rotatable bonds is 3. The fourth-order valence-corrected chi connectivity index (χ4v) is 2.78. The van der Waals surface area contributed by atoms with E-state index in [0.29, 0.717) is 0 Å². The van der Waals surface area contributed by atoms with Gasteiger partial charge in [0.1, 0.15) is 5.82 Å². The van der Waals surface area contributed by atoms with Crippen LogP contribution in [0, 0.1) is 12.7 Å². The normalized spacial score (nSPS) is 19.6. The molecule has 1 aromatic carbocycles. The van der Waals surface area contributed by atoms with E-state index in [-0.39, 0.29) is 11.9 Å². The van der Waals surface area contributed by atoms with Crippen LogP contribution < -0.4 is 5.32 Å². The number of nitrogens with one attached hydrogen (secondary N) is 1. The summed E-state index contributed by atoms with van der Waals surface area (Å²) in [7, 11) is 0. The SMILES string of the molecule is Cc1ccc(CN2CCNCC2c2cccc(F)c2)nc1. The lowest BCUT2D eigenvalue weighted by Gasteiger charge is -2.36. The number of aromatic nitrogens is 1. The van der Waals surface area contributed by atoms with Gasteiger partial charge in [0, 0.05) is 38.4 Å². The molecule has 0 aliphatic carbocycles. The van der Waals surface area contributed by atoms with Crippen LogP contribution in [0.1, 0.15) is 22.9 Å². The average Bonchev–Trinajstić information content (AvgIpc) is 2.50. The maximum Gasteiger partial charge on any atom is 0.123 e. The number of pyridine rings is 1. The lowest BCUT2D eigenvalue weighted by atomic mass is 10.0. The van der Waals surface area contributed by atoms with Gasteiger partial charge in [0.05, 0.1) is 5.69 Å². The summed E-state index contributed by atoms with van der Waals surface area (Å²) >= 11 is 0. The van der Waals surface area contributed by atoms with Crippen LogP contribution in [0.25, 0.3) is 0 Å².